The van der Waals surface area contributed by atoms with Gasteiger partial charge in [-0.25, -0.2) is 4.98 Å². The summed E-state index contributed by atoms with van der Waals surface area (Å²) in [6, 6.07) is 10.7. The van der Waals surface area contributed by atoms with Crippen molar-refractivity contribution in [1.29, 1.82) is 0 Å². The van der Waals surface area contributed by atoms with Crippen LogP contribution in [-0.2, 0) is 19.5 Å². The quantitative estimate of drug-likeness (QED) is 0.447. The van der Waals surface area contributed by atoms with Gasteiger partial charge in [-0.1, -0.05) is 6.07 Å². The van der Waals surface area contributed by atoms with Crippen LogP contribution in [0.5, 0.6) is 0 Å². The molecule has 0 N–H and O–H groups in total. The Morgan fingerprint density at radius 3 is 2.50 bits per heavy atom. The van der Waals surface area contributed by atoms with Crippen LogP contribution in [0.15, 0.2) is 48.8 Å². The largest absolute Gasteiger partial charge is 0.618 e. The molecule has 0 spiro atoms. The molecule has 2 rings (SSSR count). The van der Waals surface area contributed by atoms with Crippen LogP contribution in [0.1, 0.15) is 0 Å². The zero-order valence-corrected chi connectivity index (χ0v) is 9.01. The van der Waals surface area contributed by atoms with Gasteiger partial charge in [-0.05, 0) is 18.2 Å². The molecule has 14 heavy (non-hydrogen) atoms. The molecule has 0 aliphatic heterocycles. The van der Waals surface area contributed by atoms with Crippen LogP contribution in [0.3, 0.4) is 0 Å². The van der Waals surface area contributed by atoms with Crippen LogP contribution < -0.4 is 4.73 Å². The fourth-order valence-electron chi connectivity index (χ4n) is 1.14. The van der Waals surface area contributed by atoms with Gasteiger partial charge in [-0.3, -0.25) is 0 Å². The van der Waals surface area contributed by atoms with Crippen molar-refractivity contribution in [1.82, 2.24) is 4.98 Å². The van der Waals surface area contributed by atoms with Crippen LogP contribution in [0.25, 0.3) is 11.4 Å². The number of pyridine rings is 2. The normalized spacial score (nSPS) is 9.14. The van der Waals surface area contributed by atoms with E-state index in [4.69, 9.17) is 0 Å². The van der Waals surface area contributed by atoms with Gasteiger partial charge in [-0.2, -0.15) is 4.73 Å². The molecule has 0 bridgehead atoms. The molecule has 0 saturated heterocycles. The summed E-state index contributed by atoms with van der Waals surface area (Å²) in [5.41, 5.74) is 1.27. The van der Waals surface area contributed by atoms with Crippen LogP contribution >= 0.6 is 0 Å². The van der Waals surface area contributed by atoms with E-state index in [2.05, 4.69) is 4.98 Å². The van der Waals surface area contributed by atoms with E-state index >= 15 is 0 Å². The fourth-order valence-corrected chi connectivity index (χ4v) is 1.14. The summed E-state index contributed by atoms with van der Waals surface area (Å²) in [7, 11) is 0. The molecule has 0 aliphatic carbocycles. The van der Waals surface area contributed by atoms with Crippen molar-refractivity contribution in [3.05, 3.63) is 54.0 Å². The van der Waals surface area contributed by atoms with E-state index in [0.717, 1.165) is 4.73 Å². The average Bonchev–Trinajstić information content (AvgIpc) is 2.20. The summed E-state index contributed by atoms with van der Waals surface area (Å²) in [5, 5.41) is 11.3. The Balaban J connectivity index is 0.000000980. The minimum Gasteiger partial charge on any atom is -0.618 e. The molecule has 0 fully saturated rings. The van der Waals surface area contributed by atoms with Crippen LogP contribution in [0.4, 0.5) is 0 Å². The Bertz CT molecular complexity index is 406. The molecular formula is C10H8N2ORu. The van der Waals surface area contributed by atoms with Crippen molar-refractivity contribution in [2.75, 3.05) is 0 Å². The first-order valence-electron chi connectivity index (χ1n) is 3.97. The standard InChI is InChI=1S/C10H8N2O.Ru/c13-12-8-4-2-6-10(12)9-5-1-3-7-11-9;/h1-8H;. The third-order valence-electron chi connectivity index (χ3n) is 1.75. The number of nitrogens with zero attached hydrogens (tertiary/aromatic N) is 2. The van der Waals surface area contributed by atoms with E-state index in [1.165, 1.54) is 6.20 Å². The smallest absolute Gasteiger partial charge is 0.242 e. The van der Waals surface area contributed by atoms with Crippen LogP contribution in [0, 0.1) is 5.21 Å². The second kappa shape index (κ2) is 4.82. The molecule has 72 valence electrons. The van der Waals surface area contributed by atoms with Crippen LogP contribution in [0.2, 0.25) is 0 Å². The Morgan fingerprint density at radius 2 is 1.86 bits per heavy atom. The summed E-state index contributed by atoms with van der Waals surface area (Å²) < 4.78 is 0.808. The third kappa shape index (κ3) is 2.15. The predicted octanol–water partition coefficient (Wildman–Crippen LogP) is 1.38. The molecule has 0 radical (unpaired) electrons. The molecular weight excluding hydrogens is 265 g/mol. The Morgan fingerprint density at radius 1 is 1.07 bits per heavy atom. The maximum atomic E-state index is 11.3. The monoisotopic (exact) mass is 274 g/mol. The first kappa shape index (κ1) is 10.8. The summed E-state index contributed by atoms with van der Waals surface area (Å²) in [6.07, 6.45) is 3.13. The van der Waals surface area contributed by atoms with Gasteiger partial charge in [0.15, 0.2) is 6.20 Å². The summed E-state index contributed by atoms with van der Waals surface area (Å²) >= 11 is 0. The van der Waals surface area contributed by atoms with Gasteiger partial charge < -0.3 is 5.21 Å². The minimum absolute atomic E-state index is 0. The minimum atomic E-state index is 0. The predicted molar refractivity (Wildman–Crippen MR) is 48.6 cm³/mol. The van der Waals surface area contributed by atoms with Crippen molar-refractivity contribution in [2.24, 2.45) is 0 Å². The molecule has 3 nitrogen and oxygen atoms in total. The number of aromatic nitrogens is 2. The SMILES string of the molecule is [O-][n+]1ccccc1-c1ccccn1.[Ru]. The van der Waals surface area contributed by atoms with Gasteiger partial charge in [0.25, 0.3) is 0 Å². The first-order valence-corrected chi connectivity index (χ1v) is 3.97. The van der Waals surface area contributed by atoms with Crippen molar-refractivity contribution >= 4 is 0 Å². The molecule has 0 atom stereocenters. The second-order valence-electron chi connectivity index (χ2n) is 2.63. The molecule has 0 amide bonds. The molecule has 2 heterocycles. The average molecular weight is 273 g/mol. The van der Waals surface area contributed by atoms with Crippen molar-refractivity contribution in [3.8, 4) is 11.4 Å². The Kier molecular flexibility index (Phi) is 3.72. The van der Waals surface area contributed by atoms with E-state index in [9.17, 15) is 5.21 Å². The van der Waals surface area contributed by atoms with Gasteiger partial charge in [0, 0.05) is 37.8 Å². The maximum absolute atomic E-state index is 11.3. The van der Waals surface area contributed by atoms with Gasteiger partial charge in [0.1, 0.15) is 5.69 Å². The first-order chi connectivity index (χ1) is 6.38. The van der Waals surface area contributed by atoms with Crippen molar-refractivity contribution in [3.63, 3.8) is 0 Å². The molecule has 4 heteroatoms. The second-order valence-corrected chi connectivity index (χ2v) is 2.63. The zero-order valence-electron chi connectivity index (χ0n) is 7.28. The molecule has 2 aromatic rings. The summed E-state index contributed by atoms with van der Waals surface area (Å²) in [5.74, 6) is 0. The van der Waals surface area contributed by atoms with Gasteiger partial charge in [-0.15, -0.1) is 0 Å². The number of hydrogen-bond acceptors (Lipinski definition) is 2. The van der Waals surface area contributed by atoms with E-state index in [1.54, 1.807) is 18.3 Å². The fraction of sp³-hybridized carbons (Fsp3) is 0. The van der Waals surface area contributed by atoms with E-state index < -0.39 is 0 Å². The van der Waals surface area contributed by atoms with Gasteiger partial charge in [0.05, 0.1) is 0 Å². The molecule has 2 aromatic heterocycles. The van der Waals surface area contributed by atoms with E-state index in [0.29, 0.717) is 11.4 Å². The summed E-state index contributed by atoms with van der Waals surface area (Å²) in [6.45, 7) is 0. The Labute approximate surface area is 94.8 Å². The maximum Gasteiger partial charge on any atom is 0.242 e. The van der Waals surface area contributed by atoms with Crippen molar-refractivity contribution in [2.45, 2.75) is 0 Å². The number of hydrogen-bond donors (Lipinski definition) is 0. The van der Waals surface area contributed by atoms with Gasteiger partial charge in [0.2, 0.25) is 5.69 Å². The van der Waals surface area contributed by atoms with E-state index in [1.807, 2.05) is 24.3 Å². The zero-order chi connectivity index (χ0) is 9.10. The number of rotatable bonds is 1. The van der Waals surface area contributed by atoms with Crippen LogP contribution in [-0.4, -0.2) is 4.98 Å². The third-order valence-corrected chi connectivity index (χ3v) is 1.75. The molecule has 0 unspecified atom stereocenters. The molecule has 0 aliphatic rings. The Hall–Kier alpha value is -1.28. The topological polar surface area (TPSA) is 39.8 Å². The van der Waals surface area contributed by atoms with E-state index in [-0.39, 0.29) is 19.5 Å². The van der Waals surface area contributed by atoms with Crippen molar-refractivity contribution < 1.29 is 24.2 Å². The molecule has 0 aromatic carbocycles. The molecule has 0 saturated carbocycles. The van der Waals surface area contributed by atoms with Gasteiger partial charge >= 0.3 is 0 Å². The summed E-state index contributed by atoms with van der Waals surface area (Å²) in [4.78, 5) is 4.09.